The molecule has 2 unspecified atom stereocenters. The molecule has 2 aromatic rings. The lowest BCUT2D eigenvalue weighted by molar-refractivity contribution is -0.0932. The molecule has 0 aromatic heterocycles. The largest absolute Gasteiger partial charge is 0.497 e. The van der Waals surface area contributed by atoms with Gasteiger partial charge in [-0.1, -0.05) is 24.3 Å². The summed E-state index contributed by atoms with van der Waals surface area (Å²) < 4.78 is 10.5. The maximum absolute atomic E-state index is 11.5. The van der Waals surface area contributed by atoms with Crippen LogP contribution in [0, 0.1) is 39.4 Å². The van der Waals surface area contributed by atoms with E-state index < -0.39 is 23.0 Å². The topological polar surface area (TPSA) is 122 Å². The first-order valence-corrected chi connectivity index (χ1v) is 10.2. The lowest BCUT2D eigenvalue weighted by Gasteiger charge is -2.58. The minimum Gasteiger partial charge on any atom is -0.497 e. The molecule has 160 valence electrons. The predicted octanol–water partition coefficient (Wildman–Crippen LogP) is 3.47. The van der Waals surface area contributed by atoms with Crippen LogP contribution in [-0.2, 0) is 0 Å². The van der Waals surface area contributed by atoms with Gasteiger partial charge < -0.3 is 19.9 Å². The van der Waals surface area contributed by atoms with Gasteiger partial charge in [-0.15, -0.1) is 0 Å². The average Bonchev–Trinajstić information content (AvgIpc) is 2.84. The highest BCUT2D eigenvalue weighted by Gasteiger charge is 2.64. The Morgan fingerprint density at radius 2 is 1.31 bits per heavy atom. The Kier molecular flexibility index (Phi) is 5.26. The Hall–Kier alpha value is -3.99. The van der Waals surface area contributed by atoms with Gasteiger partial charge in [-0.3, -0.25) is 0 Å². The van der Waals surface area contributed by atoms with Crippen LogP contribution in [0.4, 0.5) is 0 Å². The predicted molar refractivity (Wildman–Crippen MR) is 115 cm³/mol. The van der Waals surface area contributed by atoms with E-state index >= 15 is 0 Å². The molecule has 0 radical (unpaired) electrons. The number of hydrogen-bond acceptors (Lipinski definition) is 7. The summed E-state index contributed by atoms with van der Waals surface area (Å²) in [5.74, 6) is 0.457. The molecule has 1 aliphatic carbocycles. The monoisotopic (exact) mass is 426 g/mol. The van der Waals surface area contributed by atoms with Gasteiger partial charge in [0.05, 0.1) is 26.0 Å². The van der Waals surface area contributed by atoms with Crippen LogP contribution in [-0.4, -0.2) is 25.1 Å². The van der Waals surface area contributed by atoms with Gasteiger partial charge in [-0.25, -0.2) is 0 Å². The van der Waals surface area contributed by atoms with Crippen LogP contribution in [0.3, 0.4) is 0 Å². The number of aliphatic hydroxyl groups is 1. The highest BCUT2D eigenvalue weighted by Crippen LogP contribution is 2.64. The second-order valence-electron chi connectivity index (χ2n) is 8.17. The molecule has 1 saturated carbocycles. The van der Waals surface area contributed by atoms with E-state index in [9.17, 15) is 20.9 Å². The lowest BCUT2D eigenvalue weighted by atomic mass is 9.50. The Balaban J connectivity index is 1.97. The number of nitriles is 3. The van der Waals surface area contributed by atoms with Crippen LogP contribution in [0.25, 0.3) is 0 Å². The van der Waals surface area contributed by atoms with E-state index in [0.717, 1.165) is 11.1 Å². The van der Waals surface area contributed by atoms with E-state index in [4.69, 9.17) is 9.47 Å². The molecule has 0 amide bonds. The molecular formula is C25H22N4O3. The summed E-state index contributed by atoms with van der Waals surface area (Å²) in [6.07, 6.45) is 0.542. The normalized spacial score (nSPS) is 27.9. The van der Waals surface area contributed by atoms with Crippen LogP contribution in [0.2, 0.25) is 0 Å². The van der Waals surface area contributed by atoms with Gasteiger partial charge in [0.25, 0.3) is 0 Å². The summed E-state index contributed by atoms with van der Waals surface area (Å²) in [4.78, 5) is 0. The van der Waals surface area contributed by atoms with E-state index in [1.807, 2.05) is 36.4 Å². The molecule has 2 heterocycles. The molecule has 2 atom stereocenters. The SMILES string of the molecule is COc1ccc(C2CC3(O)CC(c4ccc(OC)cc4)C2(C#N)C(=C(C#N)C#N)N3)cc1. The molecule has 2 aromatic carbocycles. The van der Waals surface area contributed by atoms with Crippen molar-refractivity contribution in [3.63, 3.8) is 0 Å². The molecular weight excluding hydrogens is 404 g/mol. The van der Waals surface area contributed by atoms with Crippen molar-refractivity contribution in [1.82, 2.24) is 5.32 Å². The molecule has 2 aliphatic heterocycles. The zero-order valence-electron chi connectivity index (χ0n) is 17.8. The standard InChI is InChI=1S/C25H22N4O3/c1-31-19-7-3-16(4-8-19)21-11-24(30)12-22(17-5-9-20(32-2)10-6-17)25(21,15-28)23(29-24)18(13-26)14-27/h3-10,21-22,29-30H,11-12H2,1-2H3. The molecule has 2 saturated heterocycles. The number of rotatable bonds is 4. The average molecular weight is 426 g/mol. The van der Waals surface area contributed by atoms with E-state index in [0.29, 0.717) is 11.5 Å². The first-order chi connectivity index (χ1) is 15.4. The summed E-state index contributed by atoms with van der Waals surface area (Å²) in [5, 5.41) is 44.4. The van der Waals surface area contributed by atoms with Gasteiger partial charge >= 0.3 is 0 Å². The van der Waals surface area contributed by atoms with Crippen LogP contribution in [0.1, 0.15) is 35.8 Å². The summed E-state index contributed by atoms with van der Waals surface area (Å²) in [6.45, 7) is 0. The number of methoxy groups -OCH3 is 2. The van der Waals surface area contributed by atoms with Crippen molar-refractivity contribution in [3.05, 3.63) is 70.9 Å². The van der Waals surface area contributed by atoms with E-state index in [-0.39, 0.29) is 24.1 Å². The molecule has 5 rings (SSSR count). The first-order valence-electron chi connectivity index (χ1n) is 10.2. The number of piperidine rings is 2. The van der Waals surface area contributed by atoms with Crippen LogP contribution < -0.4 is 14.8 Å². The Morgan fingerprint density at radius 3 is 1.66 bits per heavy atom. The van der Waals surface area contributed by atoms with Crippen molar-refractivity contribution in [2.75, 3.05) is 14.2 Å². The van der Waals surface area contributed by atoms with Gasteiger partial charge in [0.15, 0.2) is 0 Å². The Morgan fingerprint density at radius 1 is 0.875 bits per heavy atom. The summed E-state index contributed by atoms with van der Waals surface area (Å²) >= 11 is 0. The van der Waals surface area contributed by atoms with Crippen LogP contribution >= 0.6 is 0 Å². The van der Waals surface area contributed by atoms with E-state index in [1.165, 1.54) is 0 Å². The minimum atomic E-state index is -1.37. The maximum Gasteiger partial charge on any atom is 0.150 e. The van der Waals surface area contributed by atoms with Gasteiger partial charge in [-0.05, 0) is 35.4 Å². The van der Waals surface area contributed by atoms with Crippen molar-refractivity contribution in [2.24, 2.45) is 5.41 Å². The van der Waals surface area contributed by atoms with Gasteiger partial charge in [-0.2, -0.15) is 15.8 Å². The maximum atomic E-state index is 11.5. The molecule has 2 N–H and O–H groups in total. The molecule has 3 fully saturated rings. The zero-order valence-corrected chi connectivity index (χ0v) is 17.8. The molecule has 7 nitrogen and oxygen atoms in total. The summed E-state index contributed by atoms with van der Waals surface area (Å²) in [6, 6.07) is 21.0. The fourth-order valence-electron chi connectivity index (χ4n) is 5.16. The number of ether oxygens (including phenoxy) is 2. The number of hydrogen-bond donors (Lipinski definition) is 2. The number of allylic oxidation sites excluding steroid dienone is 2. The number of nitrogens with one attached hydrogen (secondary N) is 1. The smallest absolute Gasteiger partial charge is 0.150 e. The third-order valence-electron chi connectivity index (χ3n) is 6.65. The number of nitrogens with zero attached hydrogens (tertiary/aromatic N) is 3. The lowest BCUT2D eigenvalue weighted by Crippen LogP contribution is -2.64. The Bertz CT molecular complexity index is 1110. The van der Waals surface area contributed by atoms with Gasteiger partial charge in [0, 0.05) is 24.7 Å². The summed E-state index contributed by atoms with van der Waals surface area (Å²) in [7, 11) is 3.15. The van der Waals surface area contributed by atoms with Crippen LogP contribution in [0.5, 0.6) is 11.5 Å². The van der Waals surface area contributed by atoms with Crippen molar-refractivity contribution < 1.29 is 14.6 Å². The molecule has 7 heteroatoms. The van der Waals surface area contributed by atoms with Gasteiger partial charge in [0.2, 0.25) is 0 Å². The van der Waals surface area contributed by atoms with Crippen molar-refractivity contribution in [2.45, 2.75) is 30.4 Å². The van der Waals surface area contributed by atoms with Gasteiger partial charge in [0.1, 0.15) is 40.4 Å². The Labute approximate surface area is 186 Å². The van der Waals surface area contributed by atoms with Crippen molar-refractivity contribution in [1.29, 1.82) is 15.8 Å². The third kappa shape index (κ3) is 3.14. The fourth-order valence-corrected chi connectivity index (χ4v) is 5.16. The second kappa shape index (κ2) is 7.93. The van der Waals surface area contributed by atoms with Crippen molar-refractivity contribution in [3.8, 4) is 29.7 Å². The van der Waals surface area contributed by atoms with E-state index in [1.54, 1.807) is 38.5 Å². The van der Waals surface area contributed by atoms with Crippen molar-refractivity contribution >= 4 is 0 Å². The first kappa shape index (κ1) is 21.2. The quantitative estimate of drug-likeness (QED) is 0.718. The molecule has 2 bridgehead atoms. The third-order valence-corrected chi connectivity index (χ3v) is 6.65. The highest BCUT2D eigenvalue weighted by atomic mass is 16.5. The molecule has 0 spiro atoms. The number of benzene rings is 2. The minimum absolute atomic E-state index is 0.187. The molecule has 32 heavy (non-hydrogen) atoms. The van der Waals surface area contributed by atoms with E-state index in [2.05, 4.69) is 11.4 Å². The second-order valence-corrected chi connectivity index (χ2v) is 8.17. The highest BCUT2D eigenvalue weighted by molar-refractivity contribution is 5.54. The fraction of sp³-hybridized carbons (Fsp3) is 0.320. The summed E-state index contributed by atoms with van der Waals surface area (Å²) in [5.41, 5.74) is -0.958. The molecule has 3 aliphatic rings. The van der Waals surface area contributed by atoms with Crippen LogP contribution in [0.15, 0.2) is 59.8 Å². The number of fused-ring (bicyclic) bond motifs is 3. The zero-order chi connectivity index (χ0) is 22.9.